The molecule has 2 radical (unpaired) electrons. The zero-order valence-electron chi connectivity index (χ0n) is 6.14. The molecule has 0 aromatic carbocycles. The van der Waals surface area contributed by atoms with Crippen molar-refractivity contribution in [2.45, 2.75) is 13.2 Å². The molecule has 0 aliphatic carbocycles. The highest BCUT2D eigenvalue weighted by Gasteiger charge is 2.14. The number of hydrogen-bond donors (Lipinski definition) is 2. The molecule has 11 heavy (non-hydrogen) atoms. The second-order valence-corrected chi connectivity index (χ2v) is 3.45. The van der Waals surface area contributed by atoms with Crippen LogP contribution in [0, 0.1) is 0 Å². The zero-order valence-corrected chi connectivity index (χ0v) is 7.03. The van der Waals surface area contributed by atoms with Crippen molar-refractivity contribution in [3.05, 3.63) is 0 Å². The van der Waals surface area contributed by atoms with Gasteiger partial charge in [0.25, 0.3) is 0 Å². The van der Waals surface area contributed by atoms with Crippen molar-refractivity contribution in [1.29, 1.82) is 0 Å². The van der Waals surface area contributed by atoms with E-state index in [1.54, 1.807) is 0 Å². The van der Waals surface area contributed by atoms with Crippen LogP contribution in [0.2, 0.25) is 0 Å². The highest BCUT2D eigenvalue weighted by Crippen LogP contribution is 2.34. The molecular formula is C4H10BO5P. The third kappa shape index (κ3) is 8.04. The second-order valence-electron chi connectivity index (χ2n) is 1.86. The van der Waals surface area contributed by atoms with Crippen molar-refractivity contribution >= 4 is 15.4 Å². The van der Waals surface area contributed by atoms with Crippen molar-refractivity contribution in [1.82, 2.24) is 0 Å². The van der Waals surface area contributed by atoms with Gasteiger partial charge in [-0.25, -0.2) is 0 Å². The molecule has 7 heteroatoms. The summed E-state index contributed by atoms with van der Waals surface area (Å²) in [5.74, 6) is 0. The summed E-state index contributed by atoms with van der Waals surface area (Å²) in [6.07, 6.45) is -1.33. The first-order valence-electron chi connectivity index (χ1n) is 2.93. The van der Waals surface area contributed by atoms with Gasteiger partial charge in [-0.2, -0.15) is 0 Å². The Kier molecular flexibility index (Phi) is 4.96. The minimum absolute atomic E-state index is 0.0394. The summed E-state index contributed by atoms with van der Waals surface area (Å²) in [5.41, 5.74) is 0. The van der Waals surface area contributed by atoms with Crippen LogP contribution < -0.4 is 0 Å². The molecule has 0 aromatic heterocycles. The number of rotatable bonds is 5. The van der Waals surface area contributed by atoms with E-state index in [9.17, 15) is 4.57 Å². The molecule has 1 unspecified atom stereocenters. The van der Waals surface area contributed by atoms with E-state index in [4.69, 9.17) is 17.6 Å². The summed E-state index contributed by atoms with van der Waals surface area (Å²) >= 11 is 0. The van der Waals surface area contributed by atoms with E-state index in [-0.39, 0.29) is 6.51 Å². The lowest BCUT2D eigenvalue weighted by molar-refractivity contribution is -0.106. The molecule has 0 saturated carbocycles. The predicted molar refractivity (Wildman–Crippen MR) is 39.2 cm³/mol. The van der Waals surface area contributed by atoms with Crippen LogP contribution >= 0.6 is 7.60 Å². The monoisotopic (exact) mass is 180 g/mol. The molecule has 0 rings (SSSR count). The SMILES string of the molecule is [B]COC(C)OCP(=O)(O)O. The molecule has 1 atom stereocenters. The van der Waals surface area contributed by atoms with Gasteiger partial charge in [-0.05, 0) is 6.92 Å². The van der Waals surface area contributed by atoms with E-state index < -0.39 is 20.2 Å². The standard InChI is InChI=1S/C4H10BO5P/c1-4(9-2-5)10-3-11(6,7)8/h4H,2-3H2,1H3,(H2,6,7,8). The number of ether oxygens (including phenoxy) is 2. The van der Waals surface area contributed by atoms with Crippen LogP contribution in [0.1, 0.15) is 6.92 Å². The zero-order chi connectivity index (χ0) is 8.91. The first-order chi connectivity index (χ1) is 4.95. The summed E-state index contributed by atoms with van der Waals surface area (Å²) in [6, 6.07) is 0. The molecule has 0 saturated heterocycles. The summed E-state index contributed by atoms with van der Waals surface area (Å²) in [5, 5.41) is 0. The highest BCUT2D eigenvalue weighted by molar-refractivity contribution is 7.51. The van der Waals surface area contributed by atoms with Crippen molar-refractivity contribution in [2.75, 3.05) is 12.9 Å². The quantitative estimate of drug-likeness (QED) is 0.342. The first-order valence-corrected chi connectivity index (χ1v) is 4.73. The Labute approximate surface area is 66.3 Å². The van der Waals surface area contributed by atoms with Gasteiger partial charge in [-0.3, -0.25) is 4.57 Å². The summed E-state index contributed by atoms with van der Waals surface area (Å²) in [7, 11) is 0.886. The fraction of sp³-hybridized carbons (Fsp3) is 1.00. The number of hydrogen-bond acceptors (Lipinski definition) is 3. The molecule has 0 spiro atoms. The minimum Gasteiger partial charge on any atom is -0.363 e. The molecule has 0 amide bonds. The lowest BCUT2D eigenvalue weighted by atomic mass is 10.2. The van der Waals surface area contributed by atoms with Crippen LogP contribution in [-0.4, -0.2) is 36.8 Å². The second kappa shape index (κ2) is 4.90. The van der Waals surface area contributed by atoms with Gasteiger partial charge < -0.3 is 19.3 Å². The summed E-state index contributed by atoms with van der Waals surface area (Å²) in [4.78, 5) is 16.7. The van der Waals surface area contributed by atoms with Gasteiger partial charge in [-0.1, -0.05) is 0 Å². The molecule has 0 heterocycles. The molecule has 0 aromatic rings. The largest absolute Gasteiger partial charge is 0.363 e. The van der Waals surface area contributed by atoms with E-state index in [0.717, 1.165) is 0 Å². The molecular weight excluding hydrogens is 170 g/mol. The fourth-order valence-corrected chi connectivity index (χ4v) is 0.790. The minimum atomic E-state index is -4.09. The van der Waals surface area contributed by atoms with Crippen LogP contribution in [0.3, 0.4) is 0 Å². The maximum absolute atomic E-state index is 10.2. The Balaban J connectivity index is 3.46. The van der Waals surface area contributed by atoms with E-state index in [1.807, 2.05) is 0 Å². The topological polar surface area (TPSA) is 76.0 Å². The molecule has 0 aliphatic heterocycles. The van der Waals surface area contributed by atoms with E-state index in [2.05, 4.69) is 9.47 Å². The summed E-state index contributed by atoms with van der Waals surface area (Å²) < 4.78 is 19.5. The smallest absolute Gasteiger partial charge is 0.351 e. The maximum Gasteiger partial charge on any atom is 0.351 e. The Hall–Kier alpha value is 0.135. The van der Waals surface area contributed by atoms with Crippen LogP contribution in [0.15, 0.2) is 0 Å². The van der Waals surface area contributed by atoms with Gasteiger partial charge in [0.05, 0.1) is 0 Å². The van der Waals surface area contributed by atoms with Crippen LogP contribution in [0.25, 0.3) is 0 Å². The summed E-state index contributed by atoms with van der Waals surface area (Å²) in [6.45, 7) is 1.46. The average Bonchev–Trinajstić information content (AvgIpc) is 1.83. The van der Waals surface area contributed by atoms with Crippen molar-refractivity contribution < 1.29 is 23.8 Å². The molecule has 64 valence electrons. The van der Waals surface area contributed by atoms with Crippen LogP contribution in [-0.2, 0) is 14.0 Å². The lowest BCUT2D eigenvalue weighted by Crippen LogP contribution is -2.14. The predicted octanol–water partition coefficient (Wildman–Crippen LogP) is -0.373. The van der Waals surface area contributed by atoms with E-state index in [1.165, 1.54) is 6.92 Å². The molecule has 0 bridgehead atoms. The van der Waals surface area contributed by atoms with E-state index in [0.29, 0.717) is 0 Å². The Morgan fingerprint density at radius 1 is 1.55 bits per heavy atom. The molecule has 0 aliphatic rings. The normalized spacial score (nSPS) is 14.8. The lowest BCUT2D eigenvalue weighted by Gasteiger charge is -2.12. The maximum atomic E-state index is 10.2. The van der Waals surface area contributed by atoms with Crippen molar-refractivity contribution in [3.63, 3.8) is 0 Å². The third-order valence-electron chi connectivity index (χ3n) is 0.808. The Bertz CT molecular complexity index is 145. The molecule has 5 nitrogen and oxygen atoms in total. The first kappa shape index (κ1) is 11.1. The molecule has 2 N–H and O–H groups in total. The van der Waals surface area contributed by atoms with Gasteiger partial charge in [0.2, 0.25) is 0 Å². The highest BCUT2D eigenvalue weighted by atomic mass is 31.2. The van der Waals surface area contributed by atoms with Gasteiger partial charge in [0.1, 0.15) is 7.85 Å². The van der Waals surface area contributed by atoms with Crippen molar-refractivity contribution in [3.8, 4) is 0 Å². The van der Waals surface area contributed by atoms with Crippen LogP contribution in [0.4, 0.5) is 0 Å². The Morgan fingerprint density at radius 2 is 2.09 bits per heavy atom. The van der Waals surface area contributed by atoms with Crippen molar-refractivity contribution in [2.24, 2.45) is 0 Å². The van der Waals surface area contributed by atoms with E-state index >= 15 is 0 Å². The van der Waals surface area contributed by atoms with Gasteiger partial charge in [0, 0.05) is 6.51 Å². The Morgan fingerprint density at radius 3 is 2.45 bits per heavy atom. The molecule has 0 fully saturated rings. The van der Waals surface area contributed by atoms with Crippen LogP contribution in [0.5, 0.6) is 0 Å². The van der Waals surface area contributed by atoms with Gasteiger partial charge >= 0.3 is 7.60 Å². The average molecular weight is 180 g/mol. The van der Waals surface area contributed by atoms with Gasteiger partial charge in [-0.15, -0.1) is 0 Å². The van der Waals surface area contributed by atoms with Gasteiger partial charge in [0.15, 0.2) is 12.6 Å². The fourth-order valence-electron chi connectivity index (χ4n) is 0.386. The third-order valence-corrected chi connectivity index (χ3v) is 1.29.